The fourth-order valence-corrected chi connectivity index (χ4v) is 2.71. The first-order valence-electron chi connectivity index (χ1n) is 6.92. The Kier molecular flexibility index (Phi) is 5.38. The molecule has 112 valence electrons. The molecule has 0 aliphatic rings. The van der Waals surface area contributed by atoms with Gasteiger partial charge in [-0.05, 0) is 25.8 Å². The van der Waals surface area contributed by atoms with Crippen molar-refractivity contribution in [2.45, 2.75) is 30.7 Å². The highest BCUT2D eigenvalue weighted by molar-refractivity contribution is 8.00. The summed E-state index contributed by atoms with van der Waals surface area (Å²) in [6.45, 7) is 4.42. The van der Waals surface area contributed by atoms with Crippen molar-refractivity contribution in [3.05, 3.63) is 41.7 Å². The van der Waals surface area contributed by atoms with Crippen LogP contribution in [0.15, 0.2) is 35.5 Å². The van der Waals surface area contributed by atoms with E-state index in [0.29, 0.717) is 6.54 Å². The molecule has 0 spiro atoms. The summed E-state index contributed by atoms with van der Waals surface area (Å²) in [5, 5.41) is 11.6. The monoisotopic (exact) mass is 304 g/mol. The van der Waals surface area contributed by atoms with Crippen LogP contribution in [-0.2, 0) is 18.3 Å². The van der Waals surface area contributed by atoms with Crippen molar-refractivity contribution < 1.29 is 4.79 Å². The van der Waals surface area contributed by atoms with E-state index in [0.717, 1.165) is 17.4 Å². The number of benzene rings is 1. The summed E-state index contributed by atoms with van der Waals surface area (Å²) in [6, 6.07) is 10.1. The standard InChI is InChI=1S/C15H20N4OS/c1-11(21-15-18-17-12(2)19(15)3)14(20)16-10-9-13-7-5-4-6-8-13/h4-8,11H,9-10H2,1-3H3,(H,16,20)/t11-/m0/s1. The van der Waals surface area contributed by atoms with Gasteiger partial charge in [0.05, 0.1) is 5.25 Å². The maximum Gasteiger partial charge on any atom is 0.233 e. The highest BCUT2D eigenvalue weighted by atomic mass is 32.2. The number of thioether (sulfide) groups is 1. The Hall–Kier alpha value is -1.82. The van der Waals surface area contributed by atoms with Crippen molar-refractivity contribution in [1.82, 2.24) is 20.1 Å². The van der Waals surface area contributed by atoms with E-state index in [1.807, 2.05) is 43.7 Å². The molecule has 0 saturated heterocycles. The van der Waals surface area contributed by atoms with Gasteiger partial charge < -0.3 is 9.88 Å². The molecule has 1 heterocycles. The zero-order valence-corrected chi connectivity index (χ0v) is 13.4. The number of amides is 1. The van der Waals surface area contributed by atoms with Gasteiger partial charge in [-0.15, -0.1) is 10.2 Å². The third kappa shape index (κ3) is 4.32. The van der Waals surface area contributed by atoms with Gasteiger partial charge in [0.1, 0.15) is 5.82 Å². The van der Waals surface area contributed by atoms with Gasteiger partial charge in [0.25, 0.3) is 0 Å². The third-order valence-electron chi connectivity index (χ3n) is 3.26. The highest BCUT2D eigenvalue weighted by Crippen LogP contribution is 2.21. The van der Waals surface area contributed by atoms with Crippen molar-refractivity contribution >= 4 is 17.7 Å². The summed E-state index contributed by atoms with van der Waals surface area (Å²) in [4.78, 5) is 12.1. The second kappa shape index (κ2) is 7.26. The van der Waals surface area contributed by atoms with Crippen LogP contribution < -0.4 is 5.32 Å². The van der Waals surface area contributed by atoms with Gasteiger partial charge in [0.2, 0.25) is 5.91 Å². The van der Waals surface area contributed by atoms with Gasteiger partial charge in [0.15, 0.2) is 5.16 Å². The Balaban J connectivity index is 1.79. The minimum absolute atomic E-state index is 0.0246. The number of aromatic nitrogens is 3. The normalized spacial score (nSPS) is 12.1. The van der Waals surface area contributed by atoms with E-state index >= 15 is 0 Å². The molecule has 0 saturated carbocycles. The molecule has 1 amide bonds. The van der Waals surface area contributed by atoms with Gasteiger partial charge >= 0.3 is 0 Å². The fraction of sp³-hybridized carbons (Fsp3) is 0.400. The largest absolute Gasteiger partial charge is 0.355 e. The number of rotatable bonds is 6. The number of nitrogens with zero attached hydrogens (tertiary/aromatic N) is 3. The minimum atomic E-state index is -0.192. The summed E-state index contributed by atoms with van der Waals surface area (Å²) in [5.41, 5.74) is 1.22. The van der Waals surface area contributed by atoms with E-state index in [1.54, 1.807) is 0 Å². The summed E-state index contributed by atoms with van der Waals surface area (Å²) >= 11 is 1.42. The van der Waals surface area contributed by atoms with Crippen LogP contribution in [0.4, 0.5) is 0 Å². The molecule has 21 heavy (non-hydrogen) atoms. The van der Waals surface area contributed by atoms with Gasteiger partial charge in [-0.25, -0.2) is 0 Å². The summed E-state index contributed by atoms with van der Waals surface area (Å²) < 4.78 is 1.89. The number of hydrogen-bond acceptors (Lipinski definition) is 4. The third-order valence-corrected chi connectivity index (χ3v) is 4.39. The van der Waals surface area contributed by atoms with Gasteiger partial charge in [-0.2, -0.15) is 0 Å². The predicted molar refractivity (Wildman–Crippen MR) is 84.2 cm³/mol. The first kappa shape index (κ1) is 15.6. The number of carbonyl (C=O) groups is 1. The summed E-state index contributed by atoms with van der Waals surface area (Å²) in [7, 11) is 1.90. The lowest BCUT2D eigenvalue weighted by Gasteiger charge is -2.11. The molecule has 1 aromatic carbocycles. The van der Waals surface area contributed by atoms with Gasteiger partial charge in [0, 0.05) is 13.6 Å². The molecule has 0 bridgehead atoms. The first-order chi connectivity index (χ1) is 10.1. The molecule has 0 radical (unpaired) electrons. The molecule has 6 heteroatoms. The second-order valence-corrected chi connectivity index (χ2v) is 6.18. The Bertz CT molecular complexity index is 597. The maximum absolute atomic E-state index is 12.1. The van der Waals surface area contributed by atoms with E-state index in [-0.39, 0.29) is 11.2 Å². The number of hydrogen-bond donors (Lipinski definition) is 1. The molecule has 1 aromatic heterocycles. The highest BCUT2D eigenvalue weighted by Gasteiger charge is 2.17. The SMILES string of the molecule is Cc1nnc(S[C@@H](C)C(=O)NCCc2ccccc2)n1C. The molecule has 5 nitrogen and oxygen atoms in total. The summed E-state index contributed by atoms with van der Waals surface area (Å²) in [5.74, 6) is 0.866. The molecule has 0 unspecified atom stereocenters. The molecular weight excluding hydrogens is 284 g/mol. The Labute approximate surface area is 129 Å². The lowest BCUT2D eigenvalue weighted by atomic mass is 10.1. The lowest BCUT2D eigenvalue weighted by Crippen LogP contribution is -2.32. The quantitative estimate of drug-likeness (QED) is 0.829. The molecule has 0 aliphatic carbocycles. The smallest absolute Gasteiger partial charge is 0.233 e. The fourth-order valence-electron chi connectivity index (χ4n) is 1.82. The molecule has 2 aromatic rings. The van der Waals surface area contributed by atoms with E-state index < -0.39 is 0 Å². The summed E-state index contributed by atoms with van der Waals surface area (Å²) in [6.07, 6.45) is 0.840. The Morgan fingerprint density at radius 1 is 1.33 bits per heavy atom. The average Bonchev–Trinajstić information content (AvgIpc) is 2.80. The second-order valence-electron chi connectivity index (χ2n) is 4.88. The zero-order valence-electron chi connectivity index (χ0n) is 12.5. The van der Waals surface area contributed by atoms with Crippen molar-refractivity contribution in [3.63, 3.8) is 0 Å². The first-order valence-corrected chi connectivity index (χ1v) is 7.80. The predicted octanol–water partition coefficient (Wildman–Crippen LogP) is 1.96. The van der Waals surface area contributed by atoms with Crippen LogP contribution in [0.2, 0.25) is 0 Å². The van der Waals surface area contributed by atoms with Crippen LogP contribution in [0, 0.1) is 6.92 Å². The van der Waals surface area contributed by atoms with Crippen molar-refractivity contribution in [2.75, 3.05) is 6.54 Å². The average molecular weight is 304 g/mol. The van der Waals surface area contributed by atoms with Gasteiger partial charge in [-0.1, -0.05) is 42.1 Å². The van der Waals surface area contributed by atoms with Crippen LogP contribution in [0.3, 0.4) is 0 Å². The maximum atomic E-state index is 12.1. The molecule has 1 atom stereocenters. The topological polar surface area (TPSA) is 59.8 Å². The van der Waals surface area contributed by atoms with Crippen molar-refractivity contribution in [1.29, 1.82) is 0 Å². The molecule has 1 N–H and O–H groups in total. The zero-order chi connectivity index (χ0) is 15.2. The van der Waals surface area contributed by atoms with E-state index in [4.69, 9.17) is 0 Å². The van der Waals surface area contributed by atoms with Crippen molar-refractivity contribution in [2.24, 2.45) is 7.05 Å². The molecule has 2 rings (SSSR count). The molecular formula is C15H20N4OS. The number of carbonyl (C=O) groups excluding carboxylic acids is 1. The Morgan fingerprint density at radius 2 is 2.05 bits per heavy atom. The van der Waals surface area contributed by atoms with Crippen LogP contribution in [-0.4, -0.2) is 32.5 Å². The van der Waals surface area contributed by atoms with Crippen LogP contribution in [0.25, 0.3) is 0 Å². The molecule has 0 aliphatic heterocycles. The minimum Gasteiger partial charge on any atom is -0.355 e. The van der Waals surface area contributed by atoms with Crippen LogP contribution in [0.1, 0.15) is 18.3 Å². The van der Waals surface area contributed by atoms with E-state index in [9.17, 15) is 4.79 Å². The van der Waals surface area contributed by atoms with Crippen LogP contribution >= 0.6 is 11.8 Å². The lowest BCUT2D eigenvalue weighted by molar-refractivity contribution is -0.120. The van der Waals surface area contributed by atoms with Crippen LogP contribution in [0.5, 0.6) is 0 Å². The van der Waals surface area contributed by atoms with Gasteiger partial charge in [-0.3, -0.25) is 4.79 Å². The number of aryl methyl sites for hydroxylation is 1. The van der Waals surface area contributed by atoms with Crippen molar-refractivity contribution in [3.8, 4) is 0 Å². The Morgan fingerprint density at radius 3 is 2.67 bits per heavy atom. The van der Waals surface area contributed by atoms with E-state index in [1.165, 1.54) is 17.3 Å². The van der Waals surface area contributed by atoms with E-state index in [2.05, 4.69) is 27.6 Å². The molecule has 0 fully saturated rings. The number of nitrogens with one attached hydrogen (secondary N) is 1.